The summed E-state index contributed by atoms with van der Waals surface area (Å²) in [4.78, 5) is 11.7. The molecule has 1 aromatic carbocycles. The molecule has 0 aliphatic heterocycles. The molecule has 0 saturated heterocycles. The van der Waals surface area contributed by atoms with E-state index in [4.69, 9.17) is 0 Å². The third-order valence-electron chi connectivity index (χ3n) is 3.89. The first kappa shape index (κ1) is 16.5. The van der Waals surface area contributed by atoms with Crippen molar-refractivity contribution in [2.24, 2.45) is 0 Å². The lowest BCUT2D eigenvalue weighted by Gasteiger charge is -2.33. The summed E-state index contributed by atoms with van der Waals surface area (Å²) in [6.45, 7) is 1.79. The maximum Gasteiger partial charge on any atom is 0.324 e. The Balaban J connectivity index is 2.34. The van der Waals surface area contributed by atoms with Gasteiger partial charge in [-0.15, -0.1) is 0 Å². The van der Waals surface area contributed by atoms with Gasteiger partial charge in [0.15, 0.2) is 0 Å². The number of carbonyl (C=O) groups is 1. The molecule has 0 spiro atoms. The molecule has 0 unspecified atom stereocenters. The number of halogens is 1. The second-order valence-electron chi connectivity index (χ2n) is 5.46. The van der Waals surface area contributed by atoms with E-state index >= 15 is 0 Å². The minimum Gasteiger partial charge on any atom is -0.480 e. The van der Waals surface area contributed by atoms with E-state index in [1.54, 1.807) is 13.0 Å². The largest absolute Gasteiger partial charge is 0.480 e. The monoisotopic (exact) mass is 375 g/mol. The number of sulfonamides is 1. The minimum atomic E-state index is -3.85. The molecule has 21 heavy (non-hydrogen) atoms. The van der Waals surface area contributed by atoms with Crippen molar-refractivity contribution in [3.05, 3.63) is 28.2 Å². The average molecular weight is 376 g/mol. The van der Waals surface area contributed by atoms with Gasteiger partial charge < -0.3 is 5.11 Å². The van der Waals surface area contributed by atoms with E-state index in [-0.39, 0.29) is 4.90 Å². The first-order valence-electron chi connectivity index (χ1n) is 6.80. The van der Waals surface area contributed by atoms with Gasteiger partial charge in [-0.3, -0.25) is 4.79 Å². The van der Waals surface area contributed by atoms with Gasteiger partial charge in [0, 0.05) is 4.47 Å². The Morgan fingerprint density at radius 2 is 1.90 bits per heavy atom. The van der Waals surface area contributed by atoms with E-state index < -0.39 is 21.5 Å². The smallest absolute Gasteiger partial charge is 0.324 e. The van der Waals surface area contributed by atoms with Crippen molar-refractivity contribution in [2.75, 3.05) is 0 Å². The van der Waals surface area contributed by atoms with Crippen LogP contribution in [0.2, 0.25) is 0 Å². The lowest BCUT2D eigenvalue weighted by atomic mass is 9.83. The minimum absolute atomic E-state index is 0.0920. The van der Waals surface area contributed by atoms with Crippen LogP contribution in [-0.4, -0.2) is 25.0 Å². The van der Waals surface area contributed by atoms with Gasteiger partial charge in [0.05, 0.1) is 4.90 Å². The van der Waals surface area contributed by atoms with Crippen molar-refractivity contribution in [1.29, 1.82) is 0 Å². The number of nitrogens with one attached hydrogen (secondary N) is 1. The zero-order valence-corrected chi connectivity index (χ0v) is 14.1. The van der Waals surface area contributed by atoms with Crippen LogP contribution < -0.4 is 4.72 Å². The summed E-state index contributed by atoms with van der Waals surface area (Å²) in [7, 11) is -3.85. The van der Waals surface area contributed by atoms with Gasteiger partial charge in [-0.05, 0) is 43.5 Å². The summed E-state index contributed by atoms with van der Waals surface area (Å²) in [5.74, 6) is -1.10. The number of hydrogen-bond donors (Lipinski definition) is 2. The quantitative estimate of drug-likeness (QED) is 0.847. The highest BCUT2D eigenvalue weighted by Crippen LogP contribution is 2.30. The van der Waals surface area contributed by atoms with E-state index in [0.717, 1.165) is 16.5 Å². The van der Waals surface area contributed by atoms with Crippen LogP contribution in [0.1, 0.15) is 37.7 Å². The number of aliphatic carboxylic acids is 1. The van der Waals surface area contributed by atoms with Crippen LogP contribution in [0.5, 0.6) is 0 Å². The molecule has 0 heterocycles. The molecule has 0 radical (unpaired) electrons. The number of hydrogen-bond acceptors (Lipinski definition) is 3. The second kappa shape index (κ2) is 6.06. The molecule has 0 bridgehead atoms. The van der Waals surface area contributed by atoms with Crippen molar-refractivity contribution in [2.45, 2.75) is 49.5 Å². The maximum atomic E-state index is 12.5. The number of benzene rings is 1. The molecule has 5 nitrogen and oxygen atoms in total. The Morgan fingerprint density at radius 1 is 1.29 bits per heavy atom. The first-order chi connectivity index (χ1) is 9.77. The zero-order valence-electron chi connectivity index (χ0n) is 11.7. The Labute approximate surface area is 132 Å². The summed E-state index contributed by atoms with van der Waals surface area (Å²) in [6.07, 6.45) is 3.03. The van der Waals surface area contributed by atoms with Gasteiger partial charge >= 0.3 is 5.97 Å². The highest BCUT2D eigenvalue weighted by Gasteiger charge is 2.43. The number of aryl methyl sites for hydroxylation is 1. The highest BCUT2D eigenvalue weighted by atomic mass is 79.9. The molecule has 1 fully saturated rings. The Morgan fingerprint density at radius 3 is 2.43 bits per heavy atom. The first-order valence-corrected chi connectivity index (χ1v) is 9.08. The van der Waals surface area contributed by atoms with Gasteiger partial charge in [-0.25, -0.2) is 8.42 Å². The van der Waals surface area contributed by atoms with E-state index in [1.807, 2.05) is 0 Å². The molecule has 2 N–H and O–H groups in total. The third kappa shape index (κ3) is 3.46. The van der Waals surface area contributed by atoms with Crippen molar-refractivity contribution >= 4 is 31.9 Å². The Hall–Kier alpha value is -0.920. The fourth-order valence-corrected chi connectivity index (χ4v) is 4.36. The summed E-state index contributed by atoms with van der Waals surface area (Å²) >= 11 is 3.32. The molecule has 1 aliphatic rings. The van der Waals surface area contributed by atoms with Crippen LogP contribution in [0.15, 0.2) is 27.6 Å². The number of rotatable bonds is 4. The normalized spacial score (nSPS) is 18.4. The topological polar surface area (TPSA) is 83.5 Å². The second-order valence-corrected chi connectivity index (χ2v) is 8.00. The molecule has 0 amide bonds. The van der Waals surface area contributed by atoms with Crippen LogP contribution in [0.4, 0.5) is 0 Å². The molecule has 1 aliphatic carbocycles. The molecule has 0 atom stereocenters. The molecule has 2 rings (SSSR count). The fraction of sp³-hybridized carbons (Fsp3) is 0.500. The molecule has 1 aromatic rings. The summed E-state index contributed by atoms with van der Waals surface area (Å²) in [5.41, 5.74) is -0.594. The van der Waals surface area contributed by atoms with Crippen molar-refractivity contribution in [1.82, 2.24) is 4.72 Å². The van der Waals surface area contributed by atoms with Crippen molar-refractivity contribution < 1.29 is 18.3 Å². The van der Waals surface area contributed by atoms with Gasteiger partial charge in [0.2, 0.25) is 10.0 Å². The molecule has 0 aromatic heterocycles. The van der Waals surface area contributed by atoms with E-state index in [9.17, 15) is 18.3 Å². The van der Waals surface area contributed by atoms with Crippen LogP contribution in [0.25, 0.3) is 0 Å². The number of carboxylic acids is 1. The zero-order chi connectivity index (χ0) is 15.7. The molecule has 7 heteroatoms. The number of carboxylic acid groups (broad SMARTS) is 1. The van der Waals surface area contributed by atoms with Crippen molar-refractivity contribution in [3.8, 4) is 0 Å². The molecular formula is C14H18BrNO4S. The van der Waals surface area contributed by atoms with E-state index in [2.05, 4.69) is 20.7 Å². The predicted octanol–water partition coefficient (Wildman–Crippen LogP) is 2.82. The SMILES string of the molecule is Cc1cc(S(=O)(=O)NC2(C(=O)O)CCCCC2)ccc1Br. The van der Waals surface area contributed by atoms with Gasteiger partial charge in [0.1, 0.15) is 5.54 Å². The standard InChI is InChI=1S/C14H18BrNO4S/c1-10-9-11(5-6-12(10)15)21(19,20)16-14(13(17)18)7-3-2-4-8-14/h5-6,9,16H,2-4,7-8H2,1H3,(H,17,18). The maximum absolute atomic E-state index is 12.5. The van der Waals surface area contributed by atoms with Crippen LogP contribution in [-0.2, 0) is 14.8 Å². The van der Waals surface area contributed by atoms with E-state index in [1.165, 1.54) is 12.1 Å². The Kier molecular flexibility index (Phi) is 4.75. The summed E-state index contributed by atoms with van der Waals surface area (Å²) in [6, 6.07) is 4.65. The lowest BCUT2D eigenvalue weighted by molar-refractivity contribution is -0.145. The molecule has 1 saturated carbocycles. The average Bonchev–Trinajstić information content (AvgIpc) is 2.42. The van der Waals surface area contributed by atoms with Crippen LogP contribution in [0.3, 0.4) is 0 Å². The van der Waals surface area contributed by atoms with Crippen LogP contribution >= 0.6 is 15.9 Å². The van der Waals surface area contributed by atoms with Crippen molar-refractivity contribution in [3.63, 3.8) is 0 Å². The summed E-state index contributed by atoms with van der Waals surface area (Å²) in [5, 5.41) is 9.46. The van der Waals surface area contributed by atoms with Gasteiger partial charge in [0.25, 0.3) is 0 Å². The summed E-state index contributed by atoms with van der Waals surface area (Å²) < 4.78 is 28.2. The Bertz CT molecular complexity index is 651. The van der Waals surface area contributed by atoms with E-state index in [0.29, 0.717) is 25.7 Å². The predicted molar refractivity (Wildman–Crippen MR) is 82.7 cm³/mol. The highest BCUT2D eigenvalue weighted by molar-refractivity contribution is 9.10. The van der Waals surface area contributed by atoms with Crippen LogP contribution in [0, 0.1) is 6.92 Å². The third-order valence-corrected chi connectivity index (χ3v) is 6.31. The van der Waals surface area contributed by atoms with Gasteiger partial charge in [-0.2, -0.15) is 4.72 Å². The fourth-order valence-electron chi connectivity index (χ4n) is 2.62. The molecule has 116 valence electrons. The molecular weight excluding hydrogens is 358 g/mol. The lowest BCUT2D eigenvalue weighted by Crippen LogP contribution is -2.55. The van der Waals surface area contributed by atoms with Gasteiger partial charge in [-0.1, -0.05) is 35.2 Å².